The van der Waals surface area contributed by atoms with Crippen LogP contribution >= 0.6 is 0 Å². The Labute approximate surface area is 97.1 Å². The van der Waals surface area contributed by atoms with E-state index in [1.807, 2.05) is 0 Å². The summed E-state index contributed by atoms with van der Waals surface area (Å²) < 4.78 is 0. The van der Waals surface area contributed by atoms with Crippen LogP contribution in [0.15, 0.2) is 0 Å². The van der Waals surface area contributed by atoms with Crippen molar-refractivity contribution < 1.29 is 14.9 Å². The third kappa shape index (κ3) is 1.45. The summed E-state index contributed by atoms with van der Waals surface area (Å²) in [7, 11) is 0. The molecule has 1 N–H and O–H groups in total. The van der Waals surface area contributed by atoms with E-state index < -0.39 is 5.79 Å². The van der Waals surface area contributed by atoms with E-state index in [-0.39, 0.29) is 5.60 Å². The highest BCUT2D eigenvalue weighted by Gasteiger charge is 2.60. The summed E-state index contributed by atoms with van der Waals surface area (Å²) in [5, 5.41) is 10.3. The number of rotatable bonds is 0. The highest BCUT2D eigenvalue weighted by atomic mass is 17.2. The van der Waals surface area contributed by atoms with Gasteiger partial charge in [0.2, 0.25) is 5.79 Å². The molecule has 3 heteroatoms. The lowest BCUT2D eigenvalue weighted by Crippen LogP contribution is -2.48. The van der Waals surface area contributed by atoms with Crippen LogP contribution in [0.1, 0.15) is 58.8 Å². The first-order chi connectivity index (χ1) is 7.46. The molecule has 3 nitrogen and oxygen atoms in total. The van der Waals surface area contributed by atoms with Gasteiger partial charge in [0.25, 0.3) is 0 Å². The van der Waals surface area contributed by atoms with E-state index in [9.17, 15) is 5.11 Å². The predicted octanol–water partition coefficient (Wildman–Crippen LogP) is 2.78. The van der Waals surface area contributed by atoms with Crippen molar-refractivity contribution in [2.45, 2.75) is 70.2 Å². The molecule has 0 aromatic rings. The van der Waals surface area contributed by atoms with Crippen molar-refractivity contribution >= 4 is 0 Å². The highest BCUT2D eigenvalue weighted by Crippen LogP contribution is 2.58. The average molecular weight is 226 g/mol. The standard InChI is InChI=1S/C13H22O3/c1-11(2)6-4-7-12-9-13(14,16-15-12)8-3-5-10(11)12/h10,14H,3-9H2,1-2H3. The van der Waals surface area contributed by atoms with Gasteiger partial charge in [0, 0.05) is 12.8 Å². The zero-order valence-electron chi connectivity index (χ0n) is 10.3. The van der Waals surface area contributed by atoms with E-state index in [0.717, 1.165) is 19.3 Å². The molecule has 2 bridgehead atoms. The summed E-state index contributed by atoms with van der Waals surface area (Å²) in [4.78, 5) is 10.9. The van der Waals surface area contributed by atoms with Gasteiger partial charge in [0.1, 0.15) is 5.60 Å². The zero-order chi connectivity index (χ0) is 11.4. The Morgan fingerprint density at radius 2 is 1.88 bits per heavy atom. The molecule has 3 atom stereocenters. The van der Waals surface area contributed by atoms with Gasteiger partial charge in [0.05, 0.1) is 0 Å². The van der Waals surface area contributed by atoms with Gasteiger partial charge in [-0.05, 0) is 43.4 Å². The van der Waals surface area contributed by atoms with Crippen LogP contribution in [0, 0.1) is 11.3 Å². The fraction of sp³-hybridized carbons (Fsp3) is 1.00. The largest absolute Gasteiger partial charge is 0.363 e. The second-order valence-corrected chi connectivity index (χ2v) is 6.64. The maximum Gasteiger partial charge on any atom is 0.202 e. The first-order valence-corrected chi connectivity index (χ1v) is 6.55. The summed E-state index contributed by atoms with van der Waals surface area (Å²) in [5.41, 5.74) is 0.115. The zero-order valence-corrected chi connectivity index (χ0v) is 10.3. The minimum Gasteiger partial charge on any atom is -0.363 e. The van der Waals surface area contributed by atoms with Crippen molar-refractivity contribution in [3.8, 4) is 0 Å². The van der Waals surface area contributed by atoms with Crippen LogP contribution in [-0.4, -0.2) is 16.5 Å². The molecule has 1 saturated heterocycles. The van der Waals surface area contributed by atoms with Crippen LogP contribution in [-0.2, 0) is 9.78 Å². The number of fused-ring (bicyclic) bond motifs is 1. The van der Waals surface area contributed by atoms with Gasteiger partial charge in [-0.2, -0.15) is 0 Å². The van der Waals surface area contributed by atoms with Crippen molar-refractivity contribution in [1.82, 2.24) is 0 Å². The smallest absolute Gasteiger partial charge is 0.202 e. The van der Waals surface area contributed by atoms with Crippen LogP contribution in [0.2, 0.25) is 0 Å². The van der Waals surface area contributed by atoms with Crippen LogP contribution < -0.4 is 0 Å². The quantitative estimate of drug-likeness (QED) is 0.645. The molecule has 0 radical (unpaired) electrons. The van der Waals surface area contributed by atoms with Gasteiger partial charge in [-0.1, -0.05) is 13.8 Å². The Balaban J connectivity index is 1.97. The molecule has 0 amide bonds. The monoisotopic (exact) mass is 226 g/mol. The SMILES string of the molecule is CC1(C)CCCC23CC(O)(CCCC12)OO3. The molecule has 0 aromatic heterocycles. The van der Waals surface area contributed by atoms with Crippen molar-refractivity contribution in [2.75, 3.05) is 0 Å². The second kappa shape index (κ2) is 3.21. The maximum atomic E-state index is 10.3. The highest BCUT2D eigenvalue weighted by molar-refractivity contribution is 5.04. The lowest BCUT2D eigenvalue weighted by molar-refractivity contribution is -0.411. The van der Waals surface area contributed by atoms with Crippen LogP contribution in [0.4, 0.5) is 0 Å². The summed E-state index contributed by atoms with van der Waals surface area (Å²) in [6, 6.07) is 0. The summed E-state index contributed by atoms with van der Waals surface area (Å²) in [6.07, 6.45) is 7.11. The molecule has 3 fully saturated rings. The van der Waals surface area contributed by atoms with Crippen molar-refractivity contribution in [1.29, 1.82) is 0 Å². The minimum absolute atomic E-state index is 0.201. The van der Waals surface area contributed by atoms with Gasteiger partial charge >= 0.3 is 0 Å². The van der Waals surface area contributed by atoms with Gasteiger partial charge in [-0.15, -0.1) is 0 Å². The number of aliphatic hydroxyl groups is 1. The lowest BCUT2D eigenvalue weighted by Gasteiger charge is -2.48. The average Bonchev–Trinajstić information content (AvgIpc) is 2.40. The van der Waals surface area contributed by atoms with Crippen molar-refractivity contribution in [3.63, 3.8) is 0 Å². The Morgan fingerprint density at radius 1 is 1.06 bits per heavy atom. The van der Waals surface area contributed by atoms with E-state index in [2.05, 4.69) is 13.8 Å². The van der Waals surface area contributed by atoms with Crippen molar-refractivity contribution in [2.24, 2.45) is 11.3 Å². The molecule has 1 spiro atoms. The third-order valence-electron chi connectivity index (χ3n) is 5.00. The molecule has 1 aliphatic heterocycles. The van der Waals surface area contributed by atoms with Crippen LogP contribution in [0.25, 0.3) is 0 Å². The predicted molar refractivity (Wildman–Crippen MR) is 59.4 cm³/mol. The second-order valence-electron chi connectivity index (χ2n) is 6.64. The topological polar surface area (TPSA) is 38.7 Å². The molecular formula is C13H22O3. The molecule has 2 saturated carbocycles. The van der Waals surface area contributed by atoms with E-state index >= 15 is 0 Å². The Hall–Kier alpha value is -0.120. The van der Waals surface area contributed by atoms with E-state index in [1.165, 1.54) is 19.3 Å². The van der Waals surface area contributed by atoms with Gasteiger partial charge in [0.15, 0.2) is 0 Å². The molecule has 1 heterocycles. The third-order valence-corrected chi connectivity index (χ3v) is 5.00. The normalized spacial score (nSPS) is 50.8. The van der Waals surface area contributed by atoms with Crippen LogP contribution in [0.5, 0.6) is 0 Å². The fourth-order valence-electron chi connectivity index (χ4n) is 4.27. The molecular weight excluding hydrogens is 204 g/mol. The molecule has 0 aromatic carbocycles. The molecule has 92 valence electrons. The maximum absolute atomic E-state index is 10.3. The van der Waals surface area contributed by atoms with Gasteiger partial charge in [-0.3, -0.25) is 0 Å². The van der Waals surface area contributed by atoms with Gasteiger partial charge in [-0.25, -0.2) is 9.78 Å². The lowest BCUT2D eigenvalue weighted by atomic mass is 9.59. The first-order valence-electron chi connectivity index (χ1n) is 6.55. The van der Waals surface area contributed by atoms with E-state index in [4.69, 9.17) is 9.78 Å². The number of hydrogen-bond acceptors (Lipinski definition) is 3. The first kappa shape index (κ1) is 11.0. The van der Waals surface area contributed by atoms with E-state index in [0.29, 0.717) is 17.8 Å². The summed E-state index contributed by atoms with van der Waals surface area (Å²) >= 11 is 0. The van der Waals surface area contributed by atoms with Gasteiger partial charge < -0.3 is 5.11 Å². The Morgan fingerprint density at radius 3 is 2.69 bits per heavy atom. The molecule has 3 unspecified atom stereocenters. The molecule has 3 rings (SSSR count). The summed E-state index contributed by atoms with van der Waals surface area (Å²) in [6.45, 7) is 4.68. The van der Waals surface area contributed by atoms with Crippen molar-refractivity contribution in [3.05, 3.63) is 0 Å². The Bertz CT molecular complexity index is 302. The molecule has 2 aliphatic carbocycles. The van der Waals surface area contributed by atoms with E-state index in [1.54, 1.807) is 0 Å². The van der Waals surface area contributed by atoms with Crippen LogP contribution in [0.3, 0.4) is 0 Å². The molecule has 16 heavy (non-hydrogen) atoms. The fourth-order valence-corrected chi connectivity index (χ4v) is 4.27. The Kier molecular flexibility index (Phi) is 2.21. The summed E-state index contributed by atoms with van der Waals surface area (Å²) in [5.74, 6) is -0.465. The molecule has 3 aliphatic rings. The minimum atomic E-state index is -0.998. The number of hydrogen-bond donors (Lipinski definition) is 1.